The Bertz CT molecular complexity index is 1240. The van der Waals surface area contributed by atoms with Crippen molar-refractivity contribution in [1.82, 2.24) is 0 Å². The molecule has 0 fully saturated rings. The summed E-state index contributed by atoms with van der Waals surface area (Å²) in [6, 6.07) is 21.0. The van der Waals surface area contributed by atoms with Crippen molar-refractivity contribution in [2.24, 2.45) is 0 Å². The van der Waals surface area contributed by atoms with Crippen LogP contribution in [0.25, 0.3) is 0 Å². The maximum absolute atomic E-state index is 12.9. The number of benzene rings is 3. The monoisotopic (exact) mass is 488 g/mol. The normalized spacial score (nSPS) is 14.4. The summed E-state index contributed by atoms with van der Waals surface area (Å²) >= 11 is 0. The van der Waals surface area contributed by atoms with Crippen LogP contribution in [0, 0.1) is 0 Å². The lowest BCUT2D eigenvalue weighted by Crippen LogP contribution is -2.44. The third kappa shape index (κ3) is 6.02. The van der Waals surface area contributed by atoms with Gasteiger partial charge in [-0.15, -0.1) is 0 Å². The highest BCUT2D eigenvalue weighted by Crippen LogP contribution is 2.30. The molecule has 3 aromatic carbocycles. The molecule has 2 amide bonds. The summed E-state index contributed by atoms with van der Waals surface area (Å²) in [7, 11) is 1.55. The number of methoxy groups -OCH3 is 1. The number of rotatable bonds is 8. The average Bonchev–Trinajstić information content (AvgIpc) is 2.90. The second kappa shape index (κ2) is 11.4. The first kappa shape index (κ1) is 24.8. The van der Waals surface area contributed by atoms with Crippen LogP contribution in [0.4, 0.5) is 11.4 Å². The maximum atomic E-state index is 12.9. The van der Waals surface area contributed by atoms with Crippen LogP contribution in [0.3, 0.4) is 0 Å². The van der Waals surface area contributed by atoms with Crippen molar-refractivity contribution in [2.75, 3.05) is 30.5 Å². The van der Waals surface area contributed by atoms with E-state index < -0.39 is 5.97 Å². The standard InChI is InChI=1S/C28H28N2O6/c1-19-10-11-20-6-3-4-9-25(20)30(19)27(32)18-36-28(33)21-12-14-23(15-13-21)35-17-26(31)29-22-7-5-8-24(16-22)34-2/h3-9,12-16,19H,10-11,17-18H2,1-2H3,(H,29,31). The number of anilines is 2. The summed E-state index contributed by atoms with van der Waals surface area (Å²) in [4.78, 5) is 39.2. The van der Waals surface area contributed by atoms with E-state index in [1.54, 1.807) is 48.4 Å². The van der Waals surface area contributed by atoms with E-state index in [9.17, 15) is 14.4 Å². The number of carbonyl (C=O) groups excluding carboxylic acids is 3. The summed E-state index contributed by atoms with van der Waals surface area (Å²) in [5.74, 6) is -0.150. The summed E-state index contributed by atoms with van der Waals surface area (Å²) < 4.78 is 15.9. The molecule has 36 heavy (non-hydrogen) atoms. The molecule has 0 radical (unpaired) electrons. The van der Waals surface area contributed by atoms with Crippen molar-refractivity contribution in [3.05, 3.63) is 83.9 Å². The van der Waals surface area contributed by atoms with Crippen LogP contribution in [0.5, 0.6) is 11.5 Å². The molecule has 0 aromatic heterocycles. The zero-order valence-corrected chi connectivity index (χ0v) is 20.2. The molecular weight excluding hydrogens is 460 g/mol. The number of hydrogen-bond donors (Lipinski definition) is 1. The number of fused-ring (bicyclic) bond motifs is 1. The molecule has 4 rings (SSSR count). The van der Waals surface area contributed by atoms with Gasteiger partial charge in [0.2, 0.25) is 0 Å². The largest absolute Gasteiger partial charge is 0.497 e. The van der Waals surface area contributed by atoms with Crippen LogP contribution in [0.15, 0.2) is 72.8 Å². The molecule has 1 heterocycles. The predicted molar refractivity (Wildman–Crippen MR) is 136 cm³/mol. The number of nitrogens with zero attached hydrogens (tertiary/aromatic N) is 1. The number of hydrogen-bond acceptors (Lipinski definition) is 6. The fourth-order valence-electron chi connectivity index (χ4n) is 4.08. The van der Waals surface area contributed by atoms with E-state index in [4.69, 9.17) is 14.2 Å². The smallest absolute Gasteiger partial charge is 0.338 e. The van der Waals surface area contributed by atoms with Crippen molar-refractivity contribution >= 4 is 29.2 Å². The molecule has 0 saturated heterocycles. The minimum absolute atomic E-state index is 0.0312. The number of aryl methyl sites for hydroxylation is 1. The first-order valence-electron chi connectivity index (χ1n) is 11.7. The van der Waals surface area contributed by atoms with Gasteiger partial charge in [-0.2, -0.15) is 0 Å². The van der Waals surface area contributed by atoms with Crippen molar-refractivity contribution < 1.29 is 28.6 Å². The molecule has 1 unspecified atom stereocenters. The molecule has 186 valence electrons. The van der Waals surface area contributed by atoms with Gasteiger partial charge in [0.15, 0.2) is 13.2 Å². The quantitative estimate of drug-likeness (QED) is 0.477. The zero-order chi connectivity index (χ0) is 25.5. The Kier molecular flexibility index (Phi) is 7.85. The summed E-state index contributed by atoms with van der Waals surface area (Å²) in [6.07, 6.45) is 1.77. The van der Waals surface area contributed by atoms with Gasteiger partial charge in [0, 0.05) is 23.5 Å². The lowest BCUT2D eigenvalue weighted by Gasteiger charge is -2.35. The number of esters is 1. The lowest BCUT2D eigenvalue weighted by atomic mass is 9.96. The topological polar surface area (TPSA) is 94.2 Å². The number of amides is 2. The summed E-state index contributed by atoms with van der Waals surface area (Å²) in [5, 5.41) is 2.73. The second-order valence-corrected chi connectivity index (χ2v) is 8.45. The van der Waals surface area contributed by atoms with Gasteiger partial charge in [-0.3, -0.25) is 9.59 Å². The van der Waals surface area contributed by atoms with Crippen LogP contribution in [-0.2, 0) is 20.7 Å². The minimum Gasteiger partial charge on any atom is -0.497 e. The molecule has 8 nitrogen and oxygen atoms in total. The van der Waals surface area contributed by atoms with Gasteiger partial charge in [-0.05, 0) is 67.8 Å². The highest BCUT2D eigenvalue weighted by Gasteiger charge is 2.28. The van der Waals surface area contributed by atoms with Gasteiger partial charge < -0.3 is 24.4 Å². The average molecular weight is 489 g/mol. The van der Waals surface area contributed by atoms with Crippen LogP contribution in [0.2, 0.25) is 0 Å². The molecular formula is C28H28N2O6. The Hall–Kier alpha value is -4.33. The Morgan fingerprint density at radius 1 is 0.944 bits per heavy atom. The van der Waals surface area contributed by atoms with Crippen LogP contribution < -0.4 is 19.7 Å². The Labute approximate surface area is 209 Å². The van der Waals surface area contributed by atoms with Crippen LogP contribution in [0.1, 0.15) is 29.3 Å². The van der Waals surface area contributed by atoms with Crippen LogP contribution >= 0.6 is 0 Å². The van der Waals surface area contributed by atoms with Gasteiger partial charge in [0.1, 0.15) is 11.5 Å². The molecule has 1 aliphatic rings. The second-order valence-electron chi connectivity index (χ2n) is 8.45. The fraction of sp³-hybridized carbons (Fsp3) is 0.250. The molecule has 0 aliphatic carbocycles. The third-order valence-corrected chi connectivity index (χ3v) is 5.93. The van der Waals surface area contributed by atoms with Crippen molar-refractivity contribution in [3.8, 4) is 11.5 Å². The molecule has 0 bridgehead atoms. The van der Waals surface area contributed by atoms with E-state index in [1.807, 2.05) is 31.2 Å². The number of nitrogens with one attached hydrogen (secondary N) is 1. The molecule has 0 spiro atoms. The van der Waals surface area contributed by atoms with E-state index in [2.05, 4.69) is 5.32 Å². The van der Waals surface area contributed by atoms with Gasteiger partial charge in [0.05, 0.1) is 12.7 Å². The van der Waals surface area contributed by atoms with Gasteiger partial charge in [0.25, 0.3) is 11.8 Å². The van der Waals surface area contributed by atoms with E-state index in [0.29, 0.717) is 17.2 Å². The first-order valence-corrected chi connectivity index (χ1v) is 11.7. The first-order chi connectivity index (χ1) is 17.4. The van der Waals surface area contributed by atoms with E-state index in [-0.39, 0.29) is 36.6 Å². The highest BCUT2D eigenvalue weighted by molar-refractivity contribution is 5.98. The van der Waals surface area contributed by atoms with Gasteiger partial charge in [-0.25, -0.2) is 4.79 Å². The molecule has 1 atom stereocenters. The number of ether oxygens (including phenoxy) is 3. The highest BCUT2D eigenvalue weighted by atomic mass is 16.5. The van der Waals surface area contributed by atoms with E-state index in [1.165, 1.54) is 12.1 Å². The van der Waals surface area contributed by atoms with E-state index >= 15 is 0 Å². The SMILES string of the molecule is COc1cccc(NC(=O)COc2ccc(C(=O)OCC(=O)N3c4ccccc4CCC3C)cc2)c1. The maximum Gasteiger partial charge on any atom is 0.338 e. The minimum atomic E-state index is -0.608. The van der Waals surface area contributed by atoms with Crippen molar-refractivity contribution in [1.29, 1.82) is 0 Å². The number of para-hydroxylation sites is 1. The molecule has 8 heteroatoms. The molecule has 3 aromatic rings. The summed E-state index contributed by atoms with van der Waals surface area (Å²) in [6.45, 7) is 1.44. The fourth-order valence-corrected chi connectivity index (χ4v) is 4.08. The van der Waals surface area contributed by atoms with Crippen molar-refractivity contribution in [3.63, 3.8) is 0 Å². The number of carbonyl (C=O) groups is 3. The predicted octanol–water partition coefficient (Wildman–Crippen LogP) is 4.24. The Morgan fingerprint density at radius 2 is 1.72 bits per heavy atom. The summed E-state index contributed by atoms with van der Waals surface area (Å²) in [5.41, 5.74) is 2.86. The third-order valence-electron chi connectivity index (χ3n) is 5.93. The van der Waals surface area contributed by atoms with E-state index in [0.717, 1.165) is 24.1 Å². The van der Waals surface area contributed by atoms with Gasteiger partial charge >= 0.3 is 5.97 Å². The lowest BCUT2D eigenvalue weighted by molar-refractivity contribution is -0.122. The van der Waals surface area contributed by atoms with Crippen molar-refractivity contribution in [2.45, 2.75) is 25.8 Å². The van der Waals surface area contributed by atoms with Gasteiger partial charge in [-0.1, -0.05) is 24.3 Å². The van der Waals surface area contributed by atoms with Crippen LogP contribution in [-0.4, -0.2) is 44.1 Å². The Morgan fingerprint density at radius 3 is 2.50 bits per heavy atom. The molecule has 1 N–H and O–H groups in total. The molecule has 1 aliphatic heterocycles. The molecule has 0 saturated carbocycles. The zero-order valence-electron chi connectivity index (χ0n) is 20.2. The Balaban J connectivity index is 1.27.